The molecule has 1 fully saturated rings. The number of benzene rings is 3. The van der Waals surface area contributed by atoms with Gasteiger partial charge in [0, 0.05) is 29.2 Å². The topological polar surface area (TPSA) is 81.1 Å². The summed E-state index contributed by atoms with van der Waals surface area (Å²) in [7, 11) is 1.64. The van der Waals surface area contributed by atoms with Gasteiger partial charge in [0.2, 0.25) is 0 Å². The van der Waals surface area contributed by atoms with Crippen molar-refractivity contribution in [2.24, 2.45) is 5.16 Å². The van der Waals surface area contributed by atoms with E-state index in [0.29, 0.717) is 40.2 Å². The molecular formula is C32H35ClFN5O3. The average molecular weight is 592 g/mol. The zero-order valence-corrected chi connectivity index (χ0v) is 24.7. The maximum Gasteiger partial charge on any atom is 0.163 e. The van der Waals surface area contributed by atoms with E-state index in [4.69, 9.17) is 25.9 Å². The van der Waals surface area contributed by atoms with Crippen molar-refractivity contribution in [3.8, 4) is 11.5 Å². The highest BCUT2D eigenvalue weighted by Gasteiger charge is 2.14. The summed E-state index contributed by atoms with van der Waals surface area (Å²) < 4.78 is 25.0. The fourth-order valence-corrected chi connectivity index (χ4v) is 5.13. The Morgan fingerprint density at radius 2 is 1.83 bits per heavy atom. The molecule has 1 aliphatic heterocycles. The number of piperidine rings is 1. The third kappa shape index (κ3) is 7.66. The van der Waals surface area contributed by atoms with Gasteiger partial charge in [-0.3, -0.25) is 0 Å². The van der Waals surface area contributed by atoms with Crippen LogP contribution in [-0.4, -0.2) is 53.9 Å². The number of fused-ring (bicyclic) bond motifs is 1. The fraction of sp³-hybridized carbons (Fsp3) is 0.344. The van der Waals surface area contributed by atoms with E-state index in [-0.39, 0.29) is 12.4 Å². The SMILES string of the molecule is COc1cc2c(Nc3ccc(C(C)=NOCc4ccc(F)cc4Cl)cc3)ncnc2cc1OCCCN1CCCCC1. The summed E-state index contributed by atoms with van der Waals surface area (Å²) >= 11 is 6.06. The number of halogens is 2. The molecule has 0 radical (unpaired) electrons. The predicted octanol–water partition coefficient (Wildman–Crippen LogP) is 7.37. The summed E-state index contributed by atoms with van der Waals surface area (Å²) in [5.41, 5.74) is 3.86. The van der Waals surface area contributed by atoms with Crippen LogP contribution in [0.3, 0.4) is 0 Å². The van der Waals surface area contributed by atoms with Gasteiger partial charge in [0.1, 0.15) is 24.6 Å². The van der Waals surface area contributed by atoms with Gasteiger partial charge in [0.05, 0.1) is 30.0 Å². The Kier molecular flexibility index (Phi) is 10.0. The summed E-state index contributed by atoms with van der Waals surface area (Å²) in [6, 6.07) is 15.8. The van der Waals surface area contributed by atoms with Crippen LogP contribution in [0.2, 0.25) is 5.02 Å². The van der Waals surface area contributed by atoms with Crippen LogP contribution in [0.25, 0.3) is 10.9 Å². The van der Waals surface area contributed by atoms with Crippen LogP contribution in [0.5, 0.6) is 11.5 Å². The minimum absolute atomic E-state index is 0.145. The highest BCUT2D eigenvalue weighted by atomic mass is 35.5. The monoisotopic (exact) mass is 591 g/mol. The van der Waals surface area contributed by atoms with E-state index < -0.39 is 0 Å². The number of aromatic nitrogens is 2. The highest BCUT2D eigenvalue weighted by molar-refractivity contribution is 6.31. The van der Waals surface area contributed by atoms with Gasteiger partial charge in [-0.15, -0.1) is 0 Å². The lowest BCUT2D eigenvalue weighted by atomic mass is 10.1. The van der Waals surface area contributed by atoms with E-state index in [2.05, 4.69) is 25.3 Å². The molecule has 0 saturated carbocycles. The van der Waals surface area contributed by atoms with Crippen molar-refractivity contribution in [3.63, 3.8) is 0 Å². The number of hydrogen-bond acceptors (Lipinski definition) is 8. The van der Waals surface area contributed by atoms with Crippen LogP contribution in [0.4, 0.5) is 15.9 Å². The van der Waals surface area contributed by atoms with Gasteiger partial charge in [0.15, 0.2) is 11.5 Å². The van der Waals surface area contributed by atoms with Gasteiger partial charge in [-0.05, 0) is 75.2 Å². The number of anilines is 2. The Morgan fingerprint density at radius 3 is 2.60 bits per heavy atom. The van der Waals surface area contributed by atoms with Crippen molar-refractivity contribution < 1.29 is 18.7 Å². The van der Waals surface area contributed by atoms with Gasteiger partial charge in [-0.25, -0.2) is 14.4 Å². The average Bonchev–Trinajstić information content (AvgIpc) is 3.01. The van der Waals surface area contributed by atoms with E-state index in [0.717, 1.165) is 35.1 Å². The number of oxime groups is 1. The van der Waals surface area contributed by atoms with Crippen LogP contribution in [-0.2, 0) is 11.4 Å². The molecule has 0 aliphatic carbocycles. The van der Waals surface area contributed by atoms with Crippen LogP contribution >= 0.6 is 11.6 Å². The quantitative estimate of drug-likeness (QED) is 0.105. The van der Waals surface area contributed by atoms with Crippen LogP contribution in [0, 0.1) is 5.82 Å². The summed E-state index contributed by atoms with van der Waals surface area (Å²) in [5, 5.41) is 8.69. The maximum atomic E-state index is 13.2. The summed E-state index contributed by atoms with van der Waals surface area (Å²) in [5.74, 6) is 1.59. The molecule has 42 heavy (non-hydrogen) atoms. The molecule has 4 aromatic rings. The van der Waals surface area contributed by atoms with Crippen LogP contribution in [0.1, 0.15) is 43.7 Å². The van der Waals surface area contributed by atoms with E-state index in [9.17, 15) is 4.39 Å². The number of methoxy groups -OCH3 is 1. The van der Waals surface area contributed by atoms with E-state index in [1.807, 2.05) is 43.3 Å². The second-order valence-corrected chi connectivity index (χ2v) is 10.6. The number of nitrogens with zero attached hydrogens (tertiary/aromatic N) is 4. The minimum Gasteiger partial charge on any atom is -0.493 e. The molecule has 0 unspecified atom stereocenters. The normalized spacial score (nSPS) is 14.1. The summed E-state index contributed by atoms with van der Waals surface area (Å²) in [6.07, 6.45) is 6.42. The lowest BCUT2D eigenvalue weighted by Gasteiger charge is -2.26. The van der Waals surface area contributed by atoms with Crippen molar-refractivity contribution in [2.45, 2.75) is 39.2 Å². The molecule has 1 aliphatic rings. The summed E-state index contributed by atoms with van der Waals surface area (Å²) in [6.45, 7) is 6.04. The van der Waals surface area contributed by atoms with Gasteiger partial charge in [-0.2, -0.15) is 0 Å². The van der Waals surface area contributed by atoms with Gasteiger partial charge in [-0.1, -0.05) is 41.4 Å². The van der Waals surface area contributed by atoms with Crippen molar-refractivity contribution in [2.75, 3.05) is 38.7 Å². The Hall–Kier alpha value is -3.95. The zero-order chi connectivity index (χ0) is 29.3. The molecule has 0 amide bonds. The molecule has 5 rings (SSSR count). The van der Waals surface area contributed by atoms with E-state index >= 15 is 0 Å². The first-order valence-electron chi connectivity index (χ1n) is 14.2. The molecule has 0 spiro atoms. The Balaban J connectivity index is 1.21. The molecule has 220 valence electrons. The highest BCUT2D eigenvalue weighted by Crippen LogP contribution is 2.35. The lowest BCUT2D eigenvalue weighted by Crippen LogP contribution is -2.31. The second kappa shape index (κ2) is 14.3. The van der Waals surface area contributed by atoms with Gasteiger partial charge < -0.3 is 24.5 Å². The van der Waals surface area contributed by atoms with E-state index in [1.54, 1.807) is 13.2 Å². The van der Waals surface area contributed by atoms with E-state index in [1.165, 1.54) is 50.8 Å². The fourth-order valence-electron chi connectivity index (χ4n) is 4.91. The predicted molar refractivity (Wildman–Crippen MR) is 165 cm³/mol. The molecule has 0 atom stereocenters. The minimum atomic E-state index is -0.390. The molecule has 1 saturated heterocycles. The maximum absolute atomic E-state index is 13.2. The Bertz CT molecular complexity index is 1530. The van der Waals surface area contributed by atoms with Crippen molar-refractivity contribution in [1.29, 1.82) is 0 Å². The first-order chi connectivity index (χ1) is 20.5. The lowest BCUT2D eigenvalue weighted by molar-refractivity contribution is 0.130. The first-order valence-corrected chi connectivity index (χ1v) is 14.5. The van der Waals surface area contributed by atoms with Crippen molar-refractivity contribution in [3.05, 3.63) is 82.9 Å². The van der Waals surface area contributed by atoms with Gasteiger partial charge in [0.25, 0.3) is 0 Å². The standard InChI is InChI=1S/C32H35ClFN5O3/c1-22(38-42-20-24-7-10-25(34)17-28(24)33)23-8-11-26(12-9-23)37-32-27-18-30(40-2)31(19-29(27)35-21-36-32)41-16-6-15-39-13-4-3-5-14-39/h7-12,17-19,21H,3-6,13-16,20H2,1-2H3,(H,35,36,37). The van der Waals surface area contributed by atoms with Crippen molar-refractivity contribution in [1.82, 2.24) is 14.9 Å². The first kappa shape index (κ1) is 29.5. The zero-order valence-electron chi connectivity index (χ0n) is 23.9. The molecule has 3 aromatic carbocycles. The Morgan fingerprint density at radius 1 is 1.02 bits per heavy atom. The molecule has 8 nitrogen and oxygen atoms in total. The number of hydrogen-bond donors (Lipinski definition) is 1. The van der Waals surface area contributed by atoms with Crippen LogP contribution < -0.4 is 14.8 Å². The molecule has 1 N–H and O–H groups in total. The number of nitrogens with one attached hydrogen (secondary N) is 1. The third-order valence-corrected chi connectivity index (χ3v) is 7.60. The number of likely N-dealkylation sites (tertiary alicyclic amines) is 1. The number of ether oxygens (including phenoxy) is 2. The van der Waals surface area contributed by atoms with Crippen LogP contribution in [0.15, 0.2) is 66.1 Å². The summed E-state index contributed by atoms with van der Waals surface area (Å²) in [4.78, 5) is 16.9. The molecule has 10 heteroatoms. The molecule has 1 aromatic heterocycles. The molecule has 2 heterocycles. The molecule has 0 bridgehead atoms. The van der Waals surface area contributed by atoms with Gasteiger partial charge >= 0.3 is 0 Å². The number of rotatable bonds is 12. The Labute approximate surface area is 250 Å². The molecular weight excluding hydrogens is 557 g/mol. The largest absolute Gasteiger partial charge is 0.493 e. The smallest absolute Gasteiger partial charge is 0.163 e. The third-order valence-electron chi connectivity index (χ3n) is 7.25. The second-order valence-electron chi connectivity index (χ2n) is 10.2. The van der Waals surface area contributed by atoms with Crippen molar-refractivity contribution >= 4 is 39.7 Å².